The SMILES string of the molecule is C[C@H](NC(=O)N(C)c1cc(OC(F)(F)C(F)F)c(Cl)cc1Cl)c1ncnn1-c1ncccn1. The minimum atomic E-state index is -4.80. The van der Waals surface area contributed by atoms with Gasteiger partial charge in [0.15, 0.2) is 5.82 Å². The van der Waals surface area contributed by atoms with Crippen molar-refractivity contribution in [1.29, 1.82) is 0 Å². The molecule has 1 atom stereocenters. The summed E-state index contributed by atoms with van der Waals surface area (Å²) in [6.07, 6.45) is -4.63. The third kappa shape index (κ3) is 5.42. The molecule has 0 aliphatic carbocycles. The molecule has 2 aromatic heterocycles. The molecule has 1 N–H and O–H groups in total. The lowest BCUT2D eigenvalue weighted by molar-refractivity contribution is -0.253. The van der Waals surface area contributed by atoms with E-state index in [0.717, 1.165) is 17.0 Å². The molecule has 9 nitrogen and oxygen atoms in total. The van der Waals surface area contributed by atoms with Crippen LogP contribution < -0.4 is 15.0 Å². The van der Waals surface area contributed by atoms with Crippen molar-refractivity contribution in [3.63, 3.8) is 0 Å². The topological polar surface area (TPSA) is 98.1 Å². The Bertz CT molecular complexity index is 1130. The summed E-state index contributed by atoms with van der Waals surface area (Å²) in [7, 11) is 1.28. The predicted molar refractivity (Wildman–Crippen MR) is 110 cm³/mol. The first-order chi connectivity index (χ1) is 15.5. The number of anilines is 1. The van der Waals surface area contributed by atoms with Gasteiger partial charge >= 0.3 is 18.6 Å². The van der Waals surface area contributed by atoms with Gasteiger partial charge in [0.05, 0.1) is 21.8 Å². The molecule has 0 aliphatic rings. The number of carbonyl (C=O) groups excluding carboxylic acids is 1. The summed E-state index contributed by atoms with van der Waals surface area (Å²) < 4.78 is 57.0. The summed E-state index contributed by atoms with van der Waals surface area (Å²) in [5, 5.41) is 6.10. The number of halogens is 6. The highest BCUT2D eigenvalue weighted by Crippen LogP contribution is 2.39. The van der Waals surface area contributed by atoms with E-state index < -0.39 is 35.4 Å². The number of aromatic nitrogens is 5. The van der Waals surface area contributed by atoms with E-state index in [2.05, 4.69) is 30.1 Å². The molecule has 33 heavy (non-hydrogen) atoms. The lowest BCUT2D eigenvalue weighted by atomic mass is 10.2. The Morgan fingerprint density at radius 3 is 2.48 bits per heavy atom. The molecule has 0 spiro atoms. The van der Waals surface area contributed by atoms with Crippen molar-refractivity contribution >= 4 is 34.9 Å². The standard InChI is InChI=1S/C18H15Cl2F4N7O2/c1-9(14-27-8-28-31(14)16-25-4-3-5-26-16)29-17(32)30(2)12-7-13(11(20)6-10(12)19)33-18(23,24)15(21)22/h3-9,15H,1-2H3,(H,29,32)/t9-/m0/s1. The van der Waals surface area contributed by atoms with E-state index in [9.17, 15) is 22.4 Å². The highest BCUT2D eigenvalue weighted by atomic mass is 35.5. The quantitative estimate of drug-likeness (QED) is 0.472. The number of hydrogen-bond donors (Lipinski definition) is 1. The van der Waals surface area contributed by atoms with Gasteiger partial charge in [-0.15, -0.1) is 0 Å². The minimum absolute atomic E-state index is 0.112. The van der Waals surface area contributed by atoms with Gasteiger partial charge in [0.25, 0.3) is 5.95 Å². The Morgan fingerprint density at radius 2 is 1.85 bits per heavy atom. The van der Waals surface area contributed by atoms with E-state index in [0.29, 0.717) is 5.82 Å². The van der Waals surface area contributed by atoms with Crippen LogP contribution in [0.2, 0.25) is 10.0 Å². The number of nitrogens with zero attached hydrogens (tertiary/aromatic N) is 6. The van der Waals surface area contributed by atoms with Crippen LogP contribution in [-0.2, 0) is 0 Å². The number of rotatable bonds is 7. The van der Waals surface area contributed by atoms with Crippen molar-refractivity contribution < 1.29 is 27.1 Å². The van der Waals surface area contributed by atoms with E-state index in [-0.39, 0.29) is 16.7 Å². The Balaban J connectivity index is 1.81. The fourth-order valence-corrected chi connectivity index (χ4v) is 3.15. The van der Waals surface area contributed by atoms with Gasteiger partial charge in [-0.25, -0.2) is 19.7 Å². The van der Waals surface area contributed by atoms with Crippen LogP contribution in [0.1, 0.15) is 18.8 Å². The minimum Gasteiger partial charge on any atom is -0.427 e. The molecule has 3 rings (SSSR count). The first-order valence-electron chi connectivity index (χ1n) is 9.06. The maximum Gasteiger partial charge on any atom is 0.461 e. The largest absolute Gasteiger partial charge is 0.461 e. The van der Waals surface area contributed by atoms with Crippen molar-refractivity contribution in [3.05, 3.63) is 52.8 Å². The van der Waals surface area contributed by atoms with Gasteiger partial charge in [0.2, 0.25) is 0 Å². The molecule has 176 valence electrons. The van der Waals surface area contributed by atoms with E-state index >= 15 is 0 Å². The summed E-state index contributed by atoms with van der Waals surface area (Å²) >= 11 is 11.9. The first-order valence-corrected chi connectivity index (χ1v) is 9.82. The summed E-state index contributed by atoms with van der Waals surface area (Å²) in [4.78, 5) is 26.0. The van der Waals surface area contributed by atoms with Gasteiger partial charge in [-0.2, -0.15) is 27.3 Å². The highest BCUT2D eigenvalue weighted by molar-refractivity contribution is 6.37. The number of amides is 2. The van der Waals surface area contributed by atoms with Crippen molar-refractivity contribution in [1.82, 2.24) is 30.0 Å². The molecule has 1 aromatic carbocycles. The molecule has 0 fully saturated rings. The molecule has 2 heterocycles. The number of urea groups is 1. The molecule has 15 heteroatoms. The van der Waals surface area contributed by atoms with Crippen LogP contribution in [0.5, 0.6) is 5.75 Å². The van der Waals surface area contributed by atoms with Gasteiger partial charge in [-0.1, -0.05) is 23.2 Å². The number of carbonyl (C=O) groups is 1. The number of nitrogens with one attached hydrogen (secondary N) is 1. The number of hydrogen-bond acceptors (Lipinski definition) is 6. The molecule has 0 saturated heterocycles. The van der Waals surface area contributed by atoms with Crippen LogP contribution in [0.15, 0.2) is 36.9 Å². The second kappa shape index (κ2) is 9.75. The van der Waals surface area contributed by atoms with E-state index in [4.69, 9.17) is 23.2 Å². The normalized spacial score (nSPS) is 12.5. The van der Waals surface area contributed by atoms with Gasteiger partial charge in [0.1, 0.15) is 12.1 Å². The fraction of sp³-hybridized carbons (Fsp3) is 0.278. The molecule has 0 radical (unpaired) electrons. The van der Waals surface area contributed by atoms with E-state index in [1.807, 2.05) is 0 Å². The summed E-state index contributed by atoms with van der Waals surface area (Å²) in [5.74, 6) is -0.261. The lowest BCUT2D eigenvalue weighted by Gasteiger charge is -2.24. The zero-order valence-electron chi connectivity index (χ0n) is 16.9. The highest BCUT2D eigenvalue weighted by Gasteiger charge is 2.44. The molecule has 2 amide bonds. The lowest BCUT2D eigenvalue weighted by Crippen LogP contribution is -2.39. The van der Waals surface area contributed by atoms with Crippen molar-refractivity contribution in [2.45, 2.75) is 25.5 Å². The molecular weight excluding hydrogens is 493 g/mol. The van der Waals surface area contributed by atoms with Gasteiger partial charge in [-0.05, 0) is 19.1 Å². The summed E-state index contributed by atoms with van der Waals surface area (Å²) in [6.45, 7) is 1.61. The molecular formula is C18H15Cl2F4N7O2. The van der Waals surface area contributed by atoms with Crippen LogP contribution in [0.4, 0.5) is 28.0 Å². The van der Waals surface area contributed by atoms with E-state index in [1.165, 1.54) is 30.5 Å². The van der Waals surface area contributed by atoms with Crippen molar-refractivity contribution in [3.8, 4) is 11.7 Å². The second-order valence-electron chi connectivity index (χ2n) is 6.51. The molecule has 0 bridgehead atoms. The van der Waals surface area contributed by atoms with Gasteiger partial charge in [-0.3, -0.25) is 4.90 Å². The average molecular weight is 508 g/mol. The first kappa shape index (κ1) is 24.5. The molecule has 0 unspecified atom stereocenters. The van der Waals surface area contributed by atoms with Crippen LogP contribution in [-0.4, -0.2) is 50.3 Å². The van der Waals surface area contributed by atoms with Crippen LogP contribution in [0.3, 0.4) is 0 Å². The maximum absolute atomic E-state index is 13.3. The Morgan fingerprint density at radius 1 is 1.18 bits per heavy atom. The predicted octanol–water partition coefficient (Wildman–Crippen LogP) is 4.51. The number of alkyl halides is 4. The van der Waals surface area contributed by atoms with Crippen LogP contribution >= 0.6 is 23.2 Å². The summed E-state index contributed by atoms with van der Waals surface area (Å²) in [5.41, 5.74) is -0.126. The molecule has 3 aromatic rings. The number of benzene rings is 1. The molecule has 0 aliphatic heterocycles. The Kier molecular flexibility index (Phi) is 7.22. The smallest absolute Gasteiger partial charge is 0.427 e. The summed E-state index contributed by atoms with van der Waals surface area (Å²) in [6, 6.07) is 2.01. The van der Waals surface area contributed by atoms with Crippen molar-refractivity contribution in [2.75, 3.05) is 11.9 Å². The second-order valence-corrected chi connectivity index (χ2v) is 7.32. The van der Waals surface area contributed by atoms with Crippen LogP contribution in [0, 0.1) is 0 Å². The fourth-order valence-electron chi connectivity index (χ4n) is 2.60. The Hall–Kier alpha value is -3.19. The number of ether oxygens (including phenoxy) is 1. The zero-order valence-corrected chi connectivity index (χ0v) is 18.4. The maximum atomic E-state index is 13.3. The van der Waals surface area contributed by atoms with Crippen LogP contribution in [0.25, 0.3) is 5.95 Å². The Labute approximate surface area is 194 Å². The van der Waals surface area contributed by atoms with E-state index in [1.54, 1.807) is 13.0 Å². The van der Waals surface area contributed by atoms with Gasteiger partial charge < -0.3 is 10.1 Å². The monoisotopic (exact) mass is 507 g/mol. The third-order valence-corrected chi connectivity index (χ3v) is 4.81. The molecule has 0 saturated carbocycles. The average Bonchev–Trinajstić information content (AvgIpc) is 3.25. The van der Waals surface area contributed by atoms with Crippen molar-refractivity contribution in [2.24, 2.45) is 0 Å². The third-order valence-electron chi connectivity index (χ3n) is 4.21. The zero-order chi connectivity index (χ0) is 24.3. The van der Waals surface area contributed by atoms with Gasteiger partial charge in [0, 0.05) is 25.5 Å².